The number of benzene rings is 1. The van der Waals surface area contributed by atoms with Gasteiger partial charge in [0.1, 0.15) is 4.88 Å². The Morgan fingerprint density at radius 2 is 1.91 bits per heavy atom. The Labute approximate surface area is 147 Å². The fraction of sp³-hybridized carbons (Fsp3) is 0.154. The number of hydrogen-bond donors (Lipinski definition) is 1. The number of hydrogen-bond acceptors (Lipinski definition) is 9. The van der Waals surface area contributed by atoms with Gasteiger partial charge in [0.05, 0.1) is 26.1 Å². The highest BCUT2D eigenvalue weighted by atomic mass is 32.2. The molecule has 6 nitrogen and oxygen atoms in total. The Kier molecular flexibility index (Phi) is 3.76. The summed E-state index contributed by atoms with van der Waals surface area (Å²) in [5, 5.41) is 7.27. The van der Waals surface area contributed by atoms with E-state index in [0.717, 1.165) is 36.3 Å². The quantitative estimate of drug-likeness (QED) is 0.541. The van der Waals surface area contributed by atoms with Gasteiger partial charge in [0.15, 0.2) is 9.47 Å². The minimum absolute atomic E-state index is 0.220. The van der Waals surface area contributed by atoms with Crippen molar-refractivity contribution in [3.63, 3.8) is 0 Å². The van der Waals surface area contributed by atoms with Crippen LogP contribution in [0, 0.1) is 6.92 Å². The minimum Gasteiger partial charge on any atom is -0.297 e. The summed E-state index contributed by atoms with van der Waals surface area (Å²) in [7, 11) is 0. The molecule has 0 bridgehead atoms. The second kappa shape index (κ2) is 5.78. The summed E-state index contributed by atoms with van der Waals surface area (Å²) in [6.45, 7) is 1.77. The molecule has 0 saturated carbocycles. The predicted molar refractivity (Wildman–Crippen MR) is 97.2 cm³/mol. The Morgan fingerprint density at radius 3 is 2.61 bits per heavy atom. The van der Waals surface area contributed by atoms with E-state index in [4.69, 9.17) is 0 Å². The molecule has 116 valence electrons. The summed E-state index contributed by atoms with van der Waals surface area (Å²) < 4.78 is 6.97. The van der Waals surface area contributed by atoms with Gasteiger partial charge in [0.2, 0.25) is 0 Å². The number of nitrogens with one attached hydrogen (secondary N) is 1. The van der Waals surface area contributed by atoms with Crippen molar-refractivity contribution < 1.29 is 4.79 Å². The van der Waals surface area contributed by atoms with E-state index < -0.39 is 0 Å². The van der Waals surface area contributed by atoms with Gasteiger partial charge in [-0.15, -0.1) is 16.4 Å². The lowest BCUT2D eigenvalue weighted by molar-refractivity contribution is 0.103. The van der Waals surface area contributed by atoms with Crippen LogP contribution >= 0.6 is 46.0 Å². The highest BCUT2D eigenvalue weighted by Gasteiger charge is 2.17. The van der Waals surface area contributed by atoms with Gasteiger partial charge < -0.3 is 0 Å². The minimum atomic E-state index is -0.220. The lowest BCUT2D eigenvalue weighted by Gasteiger charge is -1.97. The summed E-state index contributed by atoms with van der Waals surface area (Å²) >= 11 is 5.83. The molecule has 1 amide bonds. The third kappa shape index (κ3) is 2.61. The largest absolute Gasteiger partial charge is 0.297 e. The fourth-order valence-corrected chi connectivity index (χ4v) is 5.29. The van der Waals surface area contributed by atoms with Crippen LogP contribution in [-0.4, -0.2) is 31.7 Å². The molecule has 4 rings (SSSR count). The monoisotopic (exact) mass is 379 g/mol. The molecular formula is C13H9N5OS4. The van der Waals surface area contributed by atoms with Gasteiger partial charge in [-0.25, -0.2) is 9.97 Å². The van der Waals surface area contributed by atoms with E-state index in [0.29, 0.717) is 15.7 Å². The molecule has 0 spiro atoms. The molecule has 0 aliphatic heterocycles. The first-order valence-electron chi connectivity index (χ1n) is 6.50. The van der Waals surface area contributed by atoms with Crippen LogP contribution in [0.4, 0.5) is 5.13 Å². The number of carbonyl (C=O) groups excluding carboxylic acids is 1. The van der Waals surface area contributed by atoms with Crippen LogP contribution in [0.5, 0.6) is 0 Å². The zero-order valence-corrected chi connectivity index (χ0v) is 15.3. The maximum Gasteiger partial charge on any atom is 0.271 e. The SMILES string of the molecule is CSc1nc2ccc3nc(NC(=O)c4snnc4C)sc3c2s1. The molecule has 0 unspecified atom stereocenters. The van der Waals surface area contributed by atoms with Gasteiger partial charge >= 0.3 is 0 Å². The number of thiazole rings is 2. The first-order chi connectivity index (χ1) is 11.2. The van der Waals surface area contributed by atoms with E-state index in [2.05, 4.69) is 24.9 Å². The number of rotatable bonds is 3. The van der Waals surface area contributed by atoms with Crippen molar-refractivity contribution in [3.8, 4) is 0 Å². The van der Waals surface area contributed by atoms with Gasteiger partial charge in [0, 0.05) is 0 Å². The maximum atomic E-state index is 12.3. The van der Waals surface area contributed by atoms with E-state index in [-0.39, 0.29) is 5.91 Å². The zero-order valence-electron chi connectivity index (χ0n) is 12.0. The second-order valence-electron chi connectivity index (χ2n) is 4.61. The van der Waals surface area contributed by atoms with Gasteiger partial charge in [-0.05, 0) is 36.8 Å². The van der Waals surface area contributed by atoms with Crippen molar-refractivity contribution in [2.45, 2.75) is 11.3 Å². The number of thioether (sulfide) groups is 1. The standard InChI is InChI=1S/C13H9N5OS4/c1-5-8(23-18-17-5)11(19)16-12-14-6-3-4-7-10(9(6)21-12)22-13(15-7)20-2/h3-4H,1-2H3,(H,14,16,19). The lowest BCUT2D eigenvalue weighted by Crippen LogP contribution is -2.11. The molecule has 3 heterocycles. The first-order valence-corrected chi connectivity index (χ1v) is 10.1. The van der Waals surface area contributed by atoms with E-state index in [1.807, 2.05) is 18.4 Å². The highest BCUT2D eigenvalue weighted by molar-refractivity contribution is 8.00. The molecule has 0 atom stereocenters. The van der Waals surface area contributed by atoms with Crippen molar-refractivity contribution in [1.29, 1.82) is 0 Å². The van der Waals surface area contributed by atoms with Crippen LogP contribution < -0.4 is 5.32 Å². The number of carbonyl (C=O) groups is 1. The molecule has 0 aliphatic rings. The maximum absolute atomic E-state index is 12.3. The van der Waals surface area contributed by atoms with Gasteiger partial charge in [0.25, 0.3) is 5.91 Å². The number of aryl methyl sites for hydroxylation is 1. The lowest BCUT2D eigenvalue weighted by atomic mass is 10.3. The molecule has 3 aromatic heterocycles. The molecule has 0 radical (unpaired) electrons. The van der Waals surface area contributed by atoms with Crippen LogP contribution in [-0.2, 0) is 0 Å². The summed E-state index contributed by atoms with van der Waals surface area (Å²) in [5.41, 5.74) is 2.47. The van der Waals surface area contributed by atoms with Gasteiger partial charge in [-0.2, -0.15) is 0 Å². The molecule has 1 aromatic carbocycles. The normalized spacial score (nSPS) is 11.4. The Balaban J connectivity index is 1.74. The van der Waals surface area contributed by atoms with Crippen LogP contribution in [0.15, 0.2) is 16.5 Å². The third-order valence-electron chi connectivity index (χ3n) is 3.15. The highest BCUT2D eigenvalue weighted by Crippen LogP contribution is 2.38. The summed E-state index contributed by atoms with van der Waals surface area (Å²) in [6, 6.07) is 3.91. The average Bonchev–Trinajstić information content (AvgIpc) is 3.22. The Bertz CT molecular complexity index is 1030. The zero-order chi connectivity index (χ0) is 16.0. The molecule has 10 heteroatoms. The van der Waals surface area contributed by atoms with Gasteiger partial charge in [-0.3, -0.25) is 10.1 Å². The van der Waals surface area contributed by atoms with Crippen LogP contribution in [0.25, 0.3) is 20.4 Å². The van der Waals surface area contributed by atoms with Crippen LogP contribution in [0.3, 0.4) is 0 Å². The number of amides is 1. The van der Waals surface area contributed by atoms with E-state index in [1.165, 1.54) is 11.3 Å². The number of fused-ring (bicyclic) bond motifs is 3. The van der Waals surface area contributed by atoms with Crippen molar-refractivity contribution in [2.75, 3.05) is 11.6 Å². The van der Waals surface area contributed by atoms with Crippen LogP contribution in [0.2, 0.25) is 0 Å². The number of aromatic nitrogens is 4. The summed E-state index contributed by atoms with van der Waals surface area (Å²) in [5.74, 6) is -0.220. The topological polar surface area (TPSA) is 80.7 Å². The second-order valence-corrected chi connectivity index (χ2v) is 8.41. The molecule has 0 aliphatic carbocycles. The Morgan fingerprint density at radius 1 is 1.17 bits per heavy atom. The predicted octanol–water partition coefficient (Wildman–Crippen LogP) is 4.04. The van der Waals surface area contributed by atoms with Crippen molar-refractivity contribution >= 4 is 77.4 Å². The summed E-state index contributed by atoms with van der Waals surface area (Å²) in [4.78, 5) is 21.8. The number of anilines is 1. The molecule has 23 heavy (non-hydrogen) atoms. The first kappa shape index (κ1) is 14.9. The van der Waals surface area contributed by atoms with E-state index in [1.54, 1.807) is 30.0 Å². The molecule has 0 fully saturated rings. The summed E-state index contributed by atoms with van der Waals surface area (Å²) in [6.07, 6.45) is 2.01. The number of nitrogens with zero attached hydrogens (tertiary/aromatic N) is 4. The van der Waals surface area contributed by atoms with Crippen molar-refractivity contribution in [2.24, 2.45) is 0 Å². The van der Waals surface area contributed by atoms with Crippen molar-refractivity contribution in [1.82, 2.24) is 19.6 Å². The molecule has 4 aromatic rings. The Hall–Kier alpha value is -1.62. The third-order valence-corrected chi connectivity index (χ3v) is 7.18. The van der Waals surface area contributed by atoms with E-state index >= 15 is 0 Å². The molecule has 0 saturated heterocycles. The van der Waals surface area contributed by atoms with E-state index in [9.17, 15) is 4.79 Å². The van der Waals surface area contributed by atoms with Gasteiger partial charge in [-0.1, -0.05) is 27.6 Å². The molecule has 1 N–H and O–H groups in total. The van der Waals surface area contributed by atoms with Crippen LogP contribution in [0.1, 0.15) is 15.4 Å². The molecular weight excluding hydrogens is 370 g/mol. The fourth-order valence-electron chi connectivity index (χ4n) is 2.09. The average molecular weight is 380 g/mol. The smallest absolute Gasteiger partial charge is 0.271 e. The van der Waals surface area contributed by atoms with Crippen molar-refractivity contribution in [3.05, 3.63) is 22.7 Å².